The van der Waals surface area contributed by atoms with Gasteiger partial charge in [-0.2, -0.15) is 8.42 Å². The second kappa shape index (κ2) is 5.19. The van der Waals surface area contributed by atoms with Gasteiger partial charge < -0.3 is 9.72 Å². The van der Waals surface area contributed by atoms with Gasteiger partial charge in [0.2, 0.25) is 0 Å². The SMILES string of the molecule is COCc1ccccc1NS(=O)(=O)c1cnc[nH]1. The Morgan fingerprint density at radius 1 is 1.39 bits per heavy atom. The quantitative estimate of drug-likeness (QED) is 0.856. The number of para-hydroxylation sites is 1. The van der Waals surface area contributed by atoms with E-state index in [1.807, 2.05) is 6.07 Å². The molecule has 0 aliphatic heterocycles. The third kappa shape index (κ3) is 2.69. The molecule has 7 heteroatoms. The van der Waals surface area contributed by atoms with Crippen LogP contribution in [0.1, 0.15) is 5.56 Å². The van der Waals surface area contributed by atoms with Gasteiger partial charge in [-0.1, -0.05) is 18.2 Å². The van der Waals surface area contributed by atoms with Gasteiger partial charge in [0.25, 0.3) is 10.0 Å². The summed E-state index contributed by atoms with van der Waals surface area (Å²) in [4.78, 5) is 6.25. The first-order valence-corrected chi connectivity index (χ1v) is 6.70. The third-order valence-corrected chi connectivity index (χ3v) is 3.62. The van der Waals surface area contributed by atoms with E-state index in [0.717, 1.165) is 5.56 Å². The lowest BCUT2D eigenvalue weighted by Crippen LogP contribution is -2.14. The van der Waals surface area contributed by atoms with Crippen LogP contribution in [0.25, 0.3) is 0 Å². The van der Waals surface area contributed by atoms with Gasteiger partial charge in [0.05, 0.1) is 24.8 Å². The van der Waals surface area contributed by atoms with E-state index in [0.29, 0.717) is 12.3 Å². The van der Waals surface area contributed by atoms with E-state index in [2.05, 4.69) is 14.7 Å². The maximum absolute atomic E-state index is 12.0. The fraction of sp³-hybridized carbons (Fsp3) is 0.182. The standard InChI is InChI=1S/C11H13N3O3S/c1-17-7-9-4-2-3-5-10(9)14-18(15,16)11-6-12-8-13-11/h2-6,8,14H,7H2,1H3,(H,12,13). The van der Waals surface area contributed by atoms with Gasteiger partial charge in [0, 0.05) is 12.7 Å². The summed E-state index contributed by atoms with van der Waals surface area (Å²) in [7, 11) is -2.08. The van der Waals surface area contributed by atoms with E-state index < -0.39 is 10.0 Å². The molecule has 0 radical (unpaired) electrons. The summed E-state index contributed by atoms with van der Waals surface area (Å²) in [6, 6.07) is 7.06. The maximum atomic E-state index is 12.0. The molecular weight excluding hydrogens is 254 g/mol. The third-order valence-electron chi connectivity index (χ3n) is 2.32. The second-order valence-corrected chi connectivity index (χ2v) is 5.26. The number of nitrogens with one attached hydrogen (secondary N) is 2. The van der Waals surface area contributed by atoms with E-state index >= 15 is 0 Å². The summed E-state index contributed by atoms with van der Waals surface area (Å²) < 4.78 is 31.5. The van der Waals surface area contributed by atoms with E-state index in [9.17, 15) is 8.42 Å². The number of hydrogen-bond donors (Lipinski definition) is 2. The molecule has 2 rings (SSSR count). The molecule has 1 heterocycles. The summed E-state index contributed by atoms with van der Waals surface area (Å²) in [5.74, 6) is 0. The van der Waals surface area contributed by atoms with Gasteiger partial charge in [-0.3, -0.25) is 4.72 Å². The number of aromatic amines is 1. The summed E-state index contributed by atoms with van der Waals surface area (Å²) in [6.07, 6.45) is 2.57. The fourth-order valence-corrected chi connectivity index (χ4v) is 2.50. The van der Waals surface area contributed by atoms with Crippen molar-refractivity contribution in [1.82, 2.24) is 9.97 Å². The Hall–Kier alpha value is -1.86. The zero-order valence-corrected chi connectivity index (χ0v) is 10.6. The van der Waals surface area contributed by atoms with Crippen LogP contribution in [0.4, 0.5) is 5.69 Å². The molecule has 0 unspecified atom stereocenters. The molecule has 2 aromatic rings. The minimum atomic E-state index is -3.63. The van der Waals surface area contributed by atoms with Crippen LogP contribution in [0.2, 0.25) is 0 Å². The van der Waals surface area contributed by atoms with Crippen LogP contribution >= 0.6 is 0 Å². The molecule has 1 aromatic heterocycles. The van der Waals surface area contributed by atoms with Crippen molar-refractivity contribution in [2.75, 3.05) is 11.8 Å². The highest BCUT2D eigenvalue weighted by molar-refractivity contribution is 7.92. The first kappa shape index (κ1) is 12.6. The highest BCUT2D eigenvalue weighted by Crippen LogP contribution is 2.19. The van der Waals surface area contributed by atoms with Crippen molar-refractivity contribution >= 4 is 15.7 Å². The van der Waals surface area contributed by atoms with Crippen molar-refractivity contribution < 1.29 is 13.2 Å². The molecule has 0 amide bonds. The number of H-pyrrole nitrogens is 1. The molecule has 0 saturated carbocycles. The molecule has 1 aromatic carbocycles. The largest absolute Gasteiger partial charge is 0.380 e. The minimum absolute atomic E-state index is 0.0229. The zero-order valence-electron chi connectivity index (χ0n) is 9.75. The monoisotopic (exact) mass is 267 g/mol. The first-order chi connectivity index (χ1) is 8.63. The lowest BCUT2D eigenvalue weighted by Gasteiger charge is -2.10. The Balaban J connectivity index is 2.29. The van der Waals surface area contributed by atoms with E-state index in [-0.39, 0.29) is 5.03 Å². The van der Waals surface area contributed by atoms with E-state index in [1.165, 1.54) is 12.5 Å². The van der Waals surface area contributed by atoms with Gasteiger partial charge in [0.15, 0.2) is 5.03 Å². The molecule has 0 saturated heterocycles. The van der Waals surface area contributed by atoms with Crippen molar-refractivity contribution in [3.63, 3.8) is 0 Å². The molecule has 0 atom stereocenters. The van der Waals surface area contributed by atoms with E-state index in [1.54, 1.807) is 25.3 Å². The number of imidazole rings is 1. The number of aromatic nitrogens is 2. The summed E-state index contributed by atoms with van der Waals surface area (Å²) in [5, 5.41) is 0.0229. The number of hydrogen-bond acceptors (Lipinski definition) is 4. The highest BCUT2D eigenvalue weighted by atomic mass is 32.2. The van der Waals surface area contributed by atoms with Crippen molar-refractivity contribution in [1.29, 1.82) is 0 Å². The van der Waals surface area contributed by atoms with Crippen LogP contribution in [0.15, 0.2) is 41.8 Å². The van der Waals surface area contributed by atoms with Crippen LogP contribution in [0, 0.1) is 0 Å². The summed E-state index contributed by atoms with van der Waals surface area (Å²) in [5.41, 5.74) is 1.26. The number of anilines is 1. The molecular formula is C11H13N3O3S. The maximum Gasteiger partial charge on any atom is 0.278 e. The molecule has 0 bridgehead atoms. The van der Waals surface area contributed by atoms with Crippen molar-refractivity contribution in [2.24, 2.45) is 0 Å². The fourth-order valence-electron chi connectivity index (χ4n) is 1.49. The number of ether oxygens (including phenoxy) is 1. The number of nitrogens with zero attached hydrogens (tertiary/aromatic N) is 1. The molecule has 0 aliphatic rings. The molecule has 6 nitrogen and oxygen atoms in total. The Morgan fingerprint density at radius 3 is 2.83 bits per heavy atom. The smallest absolute Gasteiger partial charge is 0.278 e. The van der Waals surface area contributed by atoms with Gasteiger partial charge in [-0.15, -0.1) is 0 Å². The Bertz CT molecular complexity index is 608. The molecule has 96 valence electrons. The van der Waals surface area contributed by atoms with Crippen LogP contribution in [-0.2, 0) is 21.4 Å². The van der Waals surface area contributed by atoms with Crippen LogP contribution < -0.4 is 4.72 Å². The predicted octanol–water partition coefficient (Wildman–Crippen LogP) is 1.36. The molecule has 0 spiro atoms. The van der Waals surface area contributed by atoms with Crippen molar-refractivity contribution in [3.8, 4) is 0 Å². The summed E-state index contributed by atoms with van der Waals surface area (Å²) >= 11 is 0. The van der Waals surface area contributed by atoms with Crippen LogP contribution in [0.5, 0.6) is 0 Å². The number of sulfonamides is 1. The highest BCUT2D eigenvalue weighted by Gasteiger charge is 2.16. The first-order valence-electron chi connectivity index (χ1n) is 5.21. The Labute approximate surface area is 105 Å². The normalized spacial score (nSPS) is 11.4. The van der Waals surface area contributed by atoms with Gasteiger partial charge >= 0.3 is 0 Å². The average Bonchev–Trinajstić information content (AvgIpc) is 2.86. The van der Waals surface area contributed by atoms with Crippen LogP contribution in [-0.4, -0.2) is 25.5 Å². The number of methoxy groups -OCH3 is 1. The molecule has 0 aliphatic carbocycles. The molecule has 0 fully saturated rings. The van der Waals surface area contributed by atoms with E-state index in [4.69, 9.17) is 4.74 Å². The molecule has 2 N–H and O–H groups in total. The Kier molecular flexibility index (Phi) is 3.63. The number of rotatable bonds is 5. The van der Waals surface area contributed by atoms with Gasteiger partial charge in [0.1, 0.15) is 0 Å². The topological polar surface area (TPSA) is 84.1 Å². The molecule has 18 heavy (non-hydrogen) atoms. The minimum Gasteiger partial charge on any atom is -0.380 e. The zero-order chi connectivity index (χ0) is 13.0. The van der Waals surface area contributed by atoms with Crippen LogP contribution in [0.3, 0.4) is 0 Å². The predicted molar refractivity (Wildman–Crippen MR) is 66.6 cm³/mol. The lowest BCUT2D eigenvalue weighted by molar-refractivity contribution is 0.185. The second-order valence-electron chi connectivity index (χ2n) is 3.61. The van der Waals surface area contributed by atoms with Gasteiger partial charge in [-0.05, 0) is 6.07 Å². The van der Waals surface area contributed by atoms with Crippen molar-refractivity contribution in [2.45, 2.75) is 11.6 Å². The summed E-state index contributed by atoms with van der Waals surface area (Å²) in [6.45, 7) is 0.335. The van der Waals surface area contributed by atoms with Gasteiger partial charge in [-0.25, -0.2) is 4.98 Å². The lowest BCUT2D eigenvalue weighted by atomic mass is 10.2. The Morgan fingerprint density at radius 2 is 2.17 bits per heavy atom. The average molecular weight is 267 g/mol. The van der Waals surface area contributed by atoms with Crippen molar-refractivity contribution in [3.05, 3.63) is 42.4 Å². The number of benzene rings is 1.